The van der Waals surface area contributed by atoms with Gasteiger partial charge in [0.05, 0.1) is 23.6 Å². The standard InChI is InChI=1S/C21H23FN2O4S/c1-28-19-17(16-7-11-6-10(9-25)2-5-15(11)29-16)14(22)8-13-18(19)24(12-3-4-12)21(27)23-20(13)26/h7-8,10,12,14,17,25H,2-6,9H2,1H3,(H,23,26,27). The highest BCUT2D eigenvalue weighted by molar-refractivity contribution is 7.12. The van der Waals surface area contributed by atoms with Crippen LogP contribution in [0.15, 0.2) is 15.7 Å². The number of nitrogens with one attached hydrogen (secondary N) is 1. The molecular weight excluding hydrogens is 395 g/mol. The number of ether oxygens (including phenoxy) is 1. The average molecular weight is 418 g/mol. The smallest absolute Gasteiger partial charge is 0.329 e. The monoisotopic (exact) mass is 418 g/mol. The average Bonchev–Trinajstić information content (AvgIpc) is 3.45. The van der Waals surface area contributed by atoms with Crippen molar-refractivity contribution in [2.24, 2.45) is 5.92 Å². The number of aryl methyl sites for hydroxylation is 1. The molecule has 29 heavy (non-hydrogen) atoms. The van der Waals surface area contributed by atoms with E-state index in [9.17, 15) is 14.7 Å². The van der Waals surface area contributed by atoms with Crippen molar-refractivity contribution >= 4 is 23.2 Å². The van der Waals surface area contributed by atoms with Crippen molar-refractivity contribution in [3.8, 4) is 0 Å². The van der Waals surface area contributed by atoms with Crippen molar-refractivity contribution in [2.45, 2.75) is 50.2 Å². The van der Waals surface area contributed by atoms with E-state index in [0.29, 0.717) is 11.1 Å². The van der Waals surface area contributed by atoms with Crippen LogP contribution in [-0.2, 0) is 17.6 Å². The number of alkyl halides is 1. The zero-order chi connectivity index (χ0) is 20.3. The maximum Gasteiger partial charge on any atom is 0.329 e. The molecule has 3 aliphatic carbocycles. The lowest BCUT2D eigenvalue weighted by Crippen LogP contribution is -2.57. The van der Waals surface area contributed by atoms with E-state index in [1.165, 1.54) is 18.1 Å². The van der Waals surface area contributed by atoms with Crippen LogP contribution in [0.5, 0.6) is 0 Å². The molecule has 1 fully saturated rings. The quantitative estimate of drug-likeness (QED) is 0.766. The van der Waals surface area contributed by atoms with Crippen LogP contribution < -0.4 is 21.8 Å². The van der Waals surface area contributed by atoms with Crippen molar-refractivity contribution in [3.05, 3.63) is 52.8 Å². The molecule has 0 radical (unpaired) electrons. The Balaban J connectivity index is 1.72. The van der Waals surface area contributed by atoms with E-state index >= 15 is 4.39 Å². The van der Waals surface area contributed by atoms with Gasteiger partial charge in [0.2, 0.25) is 0 Å². The molecule has 154 valence electrons. The number of H-pyrrole nitrogens is 1. The number of rotatable bonds is 4. The SMILES string of the molecule is COC1=c2c(c(=O)[nH]c(=O)n2C2CC2)=CC(F)C1c1cc2c(s1)CCC(CO)C2. The summed E-state index contributed by atoms with van der Waals surface area (Å²) in [5.41, 5.74) is 0.120. The van der Waals surface area contributed by atoms with Crippen molar-refractivity contribution in [1.82, 2.24) is 9.55 Å². The molecule has 6 nitrogen and oxygen atoms in total. The summed E-state index contributed by atoms with van der Waals surface area (Å²) in [7, 11) is 1.47. The van der Waals surface area contributed by atoms with E-state index in [1.807, 2.05) is 6.07 Å². The zero-order valence-electron chi connectivity index (χ0n) is 16.1. The third-order valence-corrected chi connectivity index (χ3v) is 7.56. The van der Waals surface area contributed by atoms with Crippen molar-refractivity contribution in [2.75, 3.05) is 13.7 Å². The molecule has 0 amide bonds. The van der Waals surface area contributed by atoms with E-state index < -0.39 is 23.3 Å². The molecule has 8 heteroatoms. The number of aliphatic hydroxyl groups excluding tert-OH is 1. The van der Waals surface area contributed by atoms with Gasteiger partial charge in [-0.2, -0.15) is 0 Å². The van der Waals surface area contributed by atoms with Crippen LogP contribution >= 0.6 is 11.3 Å². The molecule has 2 heterocycles. The van der Waals surface area contributed by atoms with Crippen molar-refractivity contribution in [1.29, 1.82) is 0 Å². The topological polar surface area (TPSA) is 84.3 Å². The van der Waals surface area contributed by atoms with E-state index in [4.69, 9.17) is 4.74 Å². The van der Waals surface area contributed by atoms with Gasteiger partial charge in [0.25, 0.3) is 5.56 Å². The van der Waals surface area contributed by atoms with Gasteiger partial charge in [0, 0.05) is 22.4 Å². The fourth-order valence-electron chi connectivity index (χ4n) is 4.64. The molecule has 1 saturated carbocycles. The normalized spacial score (nSPS) is 25.9. The summed E-state index contributed by atoms with van der Waals surface area (Å²) < 4.78 is 22.6. The molecule has 3 unspecified atom stereocenters. The number of aromatic amines is 1. The predicted molar refractivity (Wildman–Crippen MR) is 108 cm³/mol. The number of thiophene rings is 1. The van der Waals surface area contributed by atoms with Crippen molar-refractivity contribution < 1.29 is 14.2 Å². The van der Waals surface area contributed by atoms with Crippen LogP contribution in [0.1, 0.15) is 46.5 Å². The minimum atomic E-state index is -1.42. The van der Waals surface area contributed by atoms with Gasteiger partial charge < -0.3 is 9.84 Å². The maximum atomic E-state index is 15.4. The molecule has 2 aromatic rings. The lowest BCUT2D eigenvalue weighted by Gasteiger charge is -2.24. The van der Waals surface area contributed by atoms with E-state index in [1.54, 1.807) is 15.9 Å². The predicted octanol–water partition coefficient (Wildman–Crippen LogP) is 0.701. The zero-order valence-corrected chi connectivity index (χ0v) is 16.9. The second-order valence-corrected chi connectivity index (χ2v) is 9.34. The number of aromatic nitrogens is 2. The number of fused-ring (bicyclic) bond motifs is 2. The molecule has 3 atom stereocenters. The number of nitrogens with zero attached hydrogens (tertiary/aromatic N) is 1. The lowest BCUT2D eigenvalue weighted by atomic mass is 9.87. The van der Waals surface area contributed by atoms with Gasteiger partial charge in [-0.1, -0.05) is 0 Å². The van der Waals surface area contributed by atoms with Crippen molar-refractivity contribution in [3.63, 3.8) is 0 Å². The fourth-order valence-corrected chi connectivity index (χ4v) is 5.98. The molecule has 0 spiro atoms. The Morgan fingerprint density at radius 3 is 2.83 bits per heavy atom. The van der Waals surface area contributed by atoms with Gasteiger partial charge in [-0.3, -0.25) is 14.3 Å². The summed E-state index contributed by atoms with van der Waals surface area (Å²) >= 11 is 1.57. The van der Waals surface area contributed by atoms with Gasteiger partial charge >= 0.3 is 5.69 Å². The second-order valence-electron chi connectivity index (χ2n) is 8.17. The number of halogens is 1. The highest BCUT2D eigenvalue weighted by Crippen LogP contribution is 2.41. The summed E-state index contributed by atoms with van der Waals surface area (Å²) in [5.74, 6) is -0.0847. The number of methoxy groups -OCH3 is 1. The minimum Gasteiger partial charge on any atom is -0.498 e. The van der Waals surface area contributed by atoms with E-state index in [2.05, 4.69) is 4.98 Å². The van der Waals surface area contributed by atoms with Gasteiger partial charge in [0.1, 0.15) is 11.9 Å². The first-order valence-electron chi connectivity index (χ1n) is 10.0. The van der Waals surface area contributed by atoms with Crippen LogP contribution in [0, 0.1) is 5.92 Å². The second kappa shape index (κ2) is 6.95. The summed E-state index contributed by atoms with van der Waals surface area (Å²) in [4.78, 5) is 29.3. The van der Waals surface area contributed by atoms with Crippen LogP contribution in [0.4, 0.5) is 4.39 Å². The first-order valence-corrected chi connectivity index (χ1v) is 10.8. The van der Waals surface area contributed by atoms with E-state index in [-0.39, 0.29) is 23.8 Å². The summed E-state index contributed by atoms with van der Waals surface area (Å²) in [6.07, 6.45) is 4.22. The molecule has 0 saturated heterocycles. The molecule has 2 N–H and O–H groups in total. The third-order valence-electron chi connectivity index (χ3n) is 6.24. The molecule has 0 bridgehead atoms. The Morgan fingerprint density at radius 1 is 1.34 bits per heavy atom. The Labute approximate surface area is 170 Å². The van der Waals surface area contributed by atoms with Gasteiger partial charge in [-0.25, -0.2) is 9.18 Å². The highest BCUT2D eigenvalue weighted by Gasteiger charge is 2.36. The molecule has 0 aromatic carbocycles. The third kappa shape index (κ3) is 3.00. The van der Waals surface area contributed by atoms with Crippen LogP contribution in [0.3, 0.4) is 0 Å². The number of hydrogen-bond acceptors (Lipinski definition) is 5. The van der Waals surface area contributed by atoms with E-state index in [0.717, 1.165) is 42.5 Å². The van der Waals surface area contributed by atoms with Crippen LogP contribution in [-0.4, -0.2) is 34.5 Å². The largest absolute Gasteiger partial charge is 0.498 e. The molecule has 0 aliphatic heterocycles. The first-order chi connectivity index (χ1) is 14.0. The Bertz CT molecular complexity index is 1210. The fraction of sp³-hybridized carbons (Fsp3) is 0.524. The Kier molecular flexibility index (Phi) is 4.51. The Morgan fingerprint density at radius 2 is 2.14 bits per heavy atom. The van der Waals surface area contributed by atoms with Gasteiger partial charge in [-0.15, -0.1) is 11.3 Å². The maximum absolute atomic E-state index is 15.4. The minimum absolute atomic E-state index is 0.0188. The summed E-state index contributed by atoms with van der Waals surface area (Å²) in [5, 5.41) is 10.1. The number of hydrogen-bond donors (Lipinski definition) is 2. The molecule has 3 aliphatic rings. The number of aliphatic hydroxyl groups is 1. The Hall–Kier alpha value is -2.19. The van der Waals surface area contributed by atoms with Crippen LogP contribution in [0.25, 0.3) is 11.8 Å². The highest BCUT2D eigenvalue weighted by atomic mass is 32.1. The van der Waals surface area contributed by atoms with Gasteiger partial charge in [-0.05, 0) is 55.7 Å². The molecule has 5 rings (SSSR count). The first kappa shape index (κ1) is 18.8. The van der Waals surface area contributed by atoms with Gasteiger partial charge in [0.15, 0.2) is 0 Å². The summed E-state index contributed by atoms with van der Waals surface area (Å²) in [6.45, 7) is 0.160. The molecule has 2 aromatic heterocycles. The molecular formula is C21H23FN2O4S. The lowest BCUT2D eigenvalue weighted by molar-refractivity contribution is 0.214. The summed E-state index contributed by atoms with van der Waals surface area (Å²) in [6, 6.07) is 2.04. The van der Waals surface area contributed by atoms with Crippen LogP contribution in [0.2, 0.25) is 0 Å².